The van der Waals surface area contributed by atoms with E-state index >= 15 is 0 Å². The maximum Gasteiger partial charge on any atom is 0.319 e. The van der Waals surface area contributed by atoms with Gasteiger partial charge in [0.2, 0.25) is 5.89 Å². The molecule has 3 rings (SSSR count). The van der Waals surface area contributed by atoms with Gasteiger partial charge in [0.05, 0.1) is 0 Å². The first-order valence-electron chi connectivity index (χ1n) is 7.58. The number of hydrogen-bond donors (Lipinski definition) is 0. The van der Waals surface area contributed by atoms with Crippen molar-refractivity contribution in [3.8, 4) is 11.5 Å². The van der Waals surface area contributed by atoms with Gasteiger partial charge in [0, 0.05) is 15.5 Å². The van der Waals surface area contributed by atoms with Crippen LogP contribution in [0.2, 0.25) is 5.02 Å². The number of halogens is 1. The molecule has 0 N–H and O–H groups in total. The minimum atomic E-state index is -0.363. The van der Waals surface area contributed by atoms with Gasteiger partial charge in [-0.15, -0.1) is 22.0 Å². The van der Waals surface area contributed by atoms with Crippen LogP contribution in [-0.2, 0) is 16.1 Å². The Morgan fingerprint density at radius 3 is 2.60 bits per heavy atom. The van der Waals surface area contributed by atoms with Crippen molar-refractivity contribution in [3.63, 3.8) is 0 Å². The Hall–Kier alpha value is -2.31. The van der Waals surface area contributed by atoms with Crippen LogP contribution in [0.5, 0.6) is 0 Å². The molecule has 0 amide bonds. The lowest BCUT2D eigenvalue weighted by atomic mass is 10.2. The maximum absolute atomic E-state index is 12.1. The first-order chi connectivity index (χ1) is 12.1. The fourth-order valence-electron chi connectivity index (χ4n) is 2.02. The zero-order chi connectivity index (χ0) is 17.6. The molecular formula is C18H15ClN2O3S. The van der Waals surface area contributed by atoms with E-state index in [9.17, 15) is 4.79 Å². The van der Waals surface area contributed by atoms with Crippen LogP contribution in [0.1, 0.15) is 12.8 Å². The Balaban J connectivity index is 1.53. The second-order valence-electron chi connectivity index (χ2n) is 5.19. The first kappa shape index (κ1) is 17.5. The van der Waals surface area contributed by atoms with Crippen LogP contribution >= 0.6 is 23.4 Å². The molecule has 1 atom stereocenters. The van der Waals surface area contributed by atoms with E-state index in [1.54, 1.807) is 19.1 Å². The molecule has 0 bridgehead atoms. The number of benzene rings is 2. The molecule has 1 aromatic heterocycles. The van der Waals surface area contributed by atoms with Crippen molar-refractivity contribution in [1.29, 1.82) is 0 Å². The number of esters is 1. The molecule has 1 heterocycles. The van der Waals surface area contributed by atoms with Gasteiger partial charge in [-0.3, -0.25) is 4.79 Å². The summed E-state index contributed by atoms with van der Waals surface area (Å²) in [6.45, 7) is 1.73. The van der Waals surface area contributed by atoms with E-state index in [2.05, 4.69) is 10.2 Å². The van der Waals surface area contributed by atoms with Crippen molar-refractivity contribution in [1.82, 2.24) is 10.2 Å². The lowest BCUT2D eigenvalue weighted by Gasteiger charge is -2.10. The van der Waals surface area contributed by atoms with Crippen LogP contribution in [0.25, 0.3) is 11.5 Å². The second kappa shape index (κ2) is 8.18. The molecule has 0 aliphatic heterocycles. The molecular weight excluding hydrogens is 360 g/mol. The molecule has 7 heteroatoms. The van der Waals surface area contributed by atoms with Gasteiger partial charge in [0.25, 0.3) is 5.89 Å². The SMILES string of the molecule is C[C@@H](Sc1ccc(Cl)cc1)C(=O)OCc1nnc(-c2ccccc2)o1. The van der Waals surface area contributed by atoms with E-state index in [0.717, 1.165) is 10.5 Å². The molecule has 0 unspecified atom stereocenters. The van der Waals surface area contributed by atoms with Crippen LogP contribution in [0.4, 0.5) is 0 Å². The number of aromatic nitrogens is 2. The highest BCUT2D eigenvalue weighted by Gasteiger charge is 2.18. The number of rotatable bonds is 6. The molecule has 128 valence electrons. The zero-order valence-corrected chi connectivity index (χ0v) is 15.0. The van der Waals surface area contributed by atoms with Gasteiger partial charge in [0.1, 0.15) is 5.25 Å². The highest BCUT2D eigenvalue weighted by Crippen LogP contribution is 2.25. The van der Waals surface area contributed by atoms with Crippen molar-refractivity contribution >= 4 is 29.3 Å². The molecule has 0 fully saturated rings. The quantitative estimate of drug-likeness (QED) is 0.463. The molecule has 0 saturated carbocycles. The third kappa shape index (κ3) is 4.84. The summed E-state index contributed by atoms with van der Waals surface area (Å²) < 4.78 is 10.8. The topological polar surface area (TPSA) is 65.2 Å². The predicted octanol–water partition coefficient (Wildman–Crippen LogP) is 4.61. The summed E-state index contributed by atoms with van der Waals surface area (Å²) in [5, 5.41) is 8.16. The van der Waals surface area contributed by atoms with E-state index in [-0.39, 0.29) is 23.7 Å². The monoisotopic (exact) mass is 374 g/mol. The van der Waals surface area contributed by atoms with Gasteiger partial charge in [0.15, 0.2) is 6.61 Å². The van der Waals surface area contributed by atoms with E-state index in [0.29, 0.717) is 10.9 Å². The predicted molar refractivity (Wildman–Crippen MR) is 96.3 cm³/mol. The fraction of sp³-hybridized carbons (Fsp3) is 0.167. The summed E-state index contributed by atoms with van der Waals surface area (Å²) in [7, 11) is 0. The largest absolute Gasteiger partial charge is 0.455 e. The minimum Gasteiger partial charge on any atom is -0.455 e. The van der Waals surface area contributed by atoms with Gasteiger partial charge < -0.3 is 9.15 Å². The summed E-state index contributed by atoms with van der Waals surface area (Å²) >= 11 is 7.25. The average Bonchev–Trinajstić information content (AvgIpc) is 3.11. The van der Waals surface area contributed by atoms with Crippen molar-refractivity contribution in [3.05, 3.63) is 65.5 Å². The summed E-state index contributed by atoms with van der Waals surface area (Å²) in [6, 6.07) is 16.7. The van der Waals surface area contributed by atoms with Crippen molar-refractivity contribution < 1.29 is 13.9 Å². The van der Waals surface area contributed by atoms with Crippen LogP contribution in [0, 0.1) is 0 Å². The van der Waals surface area contributed by atoms with Crippen LogP contribution in [-0.4, -0.2) is 21.4 Å². The summed E-state index contributed by atoms with van der Waals surface area (Å²) in [4.78, 5) is 13.0. The molecule has 5 nitrogen and oxygen atoms in total. The van der Waals surface area contributed by atoms with Gasteiger partial charge >= 0.3 is 5.97 Å². The summed E-state index contributed by atoms with van der Waals surface area (Å²) in [5.41, 5.74) is 0.819. The Morgan fingerprint density at radius 2 is 1.88 bits per heavy atom. The fourth-order valence-corrected chi connectivity index (χ4v) is 3.02. The number of ether oxygens (including phenoxy) is 1. The molecule has 2 aromatic carbocycles. The van der Waals surface area contributed by atoms with Crippen molar-refractivity contribution in [2.75, 3.05) is 0 Å². The highest BCUT2D eigenvalue weighted by molar-refractivity contribution is 8.00. The number of carbonyl (C=O) groups is 1. The number of nitrogens with zero attached hydrogens (tertiary/aromatic N) is 2. The van der Waals surface area contributed by atoms with E-state index < -0.39 is 0 Å². The number of thioether (sulfide) groups is 1. The summed E-state index contributed by atoms with van der Waals surface area (Å²) in [5.74, 6) is 0.311. The molecule has 0 aliphatic rings. The van der Waals surface area contributed by atoms with E-state index in [1.807, 2.05) is 42.5 Å². The molecule has 0 saturated heterocycles. The standard InChI is InChI=1S/C18H15ClN2O3S/c1-12(25-15-9-7-14(19)8-10-15)18(22)23-11-16-20-21-17(24-16)13-5-3-2-4-6-13/h2-10,12H,11H2,1H3/t12-/m1/s1. The Kier molecular flexibility index (Phi) is 5.73. The van der Waals surface area contributed by atoms with Gasteiger partial charge in [-0.25, -0.2) is 0 Å². The smallest absolute Gasteiger partial charge is 0.319 e. The van der Waals surface area contributed by atoms with Crippen LogP contribution < -0.4 is 0 Å². The van der Waals surface area contributed by atoms with Gasteiger partial charge in [-0.2, -0.15) is 0 Å². The van der Waals surface area contributed by atoms with Crippen LogP contribution in [0.3, 0.4) is 0 Å². The zero-order valence-electron chi connectivity index (χ0n) is 13.4. The summed E-state index contributed by atoms with van der Waals surface area (Å²) in [6.07, 6.45) is 0. The molecule has 0 aliphatic carbocycles. The Bertz CT molecular complexity index is 837. The Morgan fingerprint density at radius 1 is 1.16 bits per heavy atom. The van der Waals surface area contributed by atoms with E-state index in [4.69, 9.17) is 20.8 Å². The molecule has 25 heavy (non-hydrogen) atoms. The van der Waals surface area contributed by atoms with E-state index in [1.165, 1.54) is 11.8 Å². The normalized spacial score (nSPS) is 11.9. The average molecular weight is 375 g/mol. The third-order valence-corrected chi connectivity index (χ3v) is 4.63. The molecule has 0 radical (unpaired) electrons. The first-order valence-corrected chi connectivity index (χ1v) is 8.84. The third-order valence-electron chi connectivity index (χ3n) is 3.28. The lowest BCUT2D eigenvalue weighted by molar-refractivity contribution is -0.144. The second-order valence-corrected chi connectivity index (χ2v) is 7.04. The minimum absolute atomic E-state index is 0.0514. The van der Waals surface area contributed by atoms with Gasteiger partial charge in [-0.05, 0) is 43.3 Å². The molecule has 3 aromatic rings. The molecule has 0 spiro atoms. The maximum atomic E-state index is 12.1. The van der Waals surface area contributed by atoms with Crippen molar-refractivity contribution in [2.45, 2.75) is 23.7 Å². The van der Waals surface area contributed by atoms with Gasteiger partial charge in [-0.1, -0.05) is 29.8 Å². The van der Waals surface area contributed by atoms with Crippen molar-refractivity contribution in [2.24, 2.45) is 0 Å². The number of carbonyl (C=O) groups excluding carboxylic acids is 1. The Labute approximate surface area is 154 Å². The highest BCUT2D eigenvalue weighted by atomic mass is 35.5. The lowest BCUT2D eigenvalue weighted by Crippen LogP contribution is -2.16. The number of hydrogen-bond acceptors (Lipinski definition) is 6. The van der Waals surface area contributed by atoms with Crippen LogP contribution in [0.15, 0.2) is 63.9 Å².